The van der Waals surface area contributed by atoms with Gasteiger partial charge in [-0.1, -0.05) is 0 Å². The summed E-state index contributed by atoms with van der Waals surface area (Å²) >= 11 is 1.72. The topological polar surface area (TPSA) is 116 Å². The average Bonchev–Trinajstić information content (AvgIpc) is 2.33. The lowest BCUT2D eigenvalue weighted by Gasteiger charge is -2.14. The molecule has 0 unspecified atom stereocenters. The summed E-state index contributed by atoms with van der Waals surface area (Å²) < 4.78 is 0. The number of hydrogen-bond acceptors (Lipinski definition) is 4. The molecule has 0 aliphatic rings. The third-order valence-electron chi connectivity index (χ3n) is 2.31. The van der Waals surface area contributed by atoms with Crippen LogP contribution in [0, 0.1) is 0 Å². The molecule has 1 atom stereocenters. The van der Waals surface area contributed by atoms with E-state index in [1.165, 1.54) is 0 Å². The van der Waals surface area contributed by atoms with Gasteiger partial charge in [-0.2, -0.15) is 11.8 Å². The molecular formula is C11H20N2O5S. The second-order valence-electron chi connectivity index (χ2n) is 3.92. The number of carbonyl (C=O) groups is 3. The maximum absolute atomic E-state index is 11.4. The molecule has 2 amide bonds. The van der Waals surface area contributed by atoms with Crippen molar-refractivity contribution >= 4 is 29.7 Å². The monoisotopic (exact) mass is 292 g/mol. The second-order valence-corrected chi connectivity index (χ2v) is 4.91. The molecule has 110 valence electrons. The number of urea groups is 1. The minimum Gasteiger partial charge on any atom is -0.481 e. The van der Waals surface area contributed by atoms with Crippen LogP contribution in [0.15, 0.2) is 0 Å². The van der Waals surface area contributed by atoms with Crippen molar-refractivity contribution in [2.75, 3.05) is 18.6 Å². The molecule has 8 heteroatoms. The molecule has 19 heavy (non-hydrogen) atoms. The molecule has 0 aromatic carbocycles. The summed E-state index contributed by atoms with van der Waals surface area (Å²) in [6, 6.07) is -1.76. The zero-order chi connectivity index (χ0) is 14.7. The standard InChI is InChI=1S/C11H20N2O5S/c1-19-7-3-2-6-12-11(18)13-8(10(16)17)4-5-9(14)15/h8H,2-7H2,1H3,(H,14,15)(H,16,17)(H2,12,13,18)/t8-/m0/s1. The van der Waals surface area contributed by atoms with Gasteiger partial charge in [0.05, 0.1) is 0 Å². The van der Waals surface area contributed by atoms with E-state index in [-0.39, 0.29) is 12.8 Å². The summed E-state index contributed by atoms with van der Waals surface area (Å²) in [6.45, 7) is 0.470. The van der Waals surface area contributed by atoms with Crippen LogP contribution < -0.4 is 10.6 Å². The van der Waals surface area contributed by atoms with E-state index < -0.39 is 24.0 Å². The highest BCUT2D eigenvalue weighted by molar-refractivity contribution is 7.98. The predicted octanol–water partition coefficient (Wildman–Crippen LogP) is 0.747. The van der Waals surface area contributed by atoms with Crippen molar-refractivity contribution in [3.8, 4) is 0 Å². The first-order valence-corrected chi connectivity index (χ1v) is 7.34. The van der Waals surface area contributed by atoms with Gasteiger partial charge < -0.3 is 20.8 Å². The number of amides is 2. The summed E-state index contributed by atoms with van der Waals surface area (Å²) in [5, 5.41) is 22.1. The number of rotatable bonds is 10. The number of hydrogen-bond donors (Lipinski definition) is 4. The van der Waals surface area contributed by atoms with Crippen LogP contribution in [0.1, 0.15) is 25.7 Å². The van der Waals surface area contributed by atoms with Gasteiger partial charge in [0.25, 0.3) is 0 Å². The Morgan fingerprint density at radius 3 is 2.42 bits per heavy atom. The lowest BCUT2D eigenvalue weighted by atomic mass is 10.1. The van der Waals surface area contributed by atoms with Gasteiger partial charge in [0.15, 0.2) is 0 Å². The van der Waals surface area contributed by atoms with Crippen LogP contribution in [0.5, 0.6) is 0 Å². The second kappa shape index (κ2) is 10.5. The highest BCUT2D eigenvalue weighted by Gasteiger charge is 2.20. The first-order valence-electron chi connectivity index (χ1n) is 5.95. The molecule has 0 aromatic heterocycles. The van der Waals surface area contributed by atoms with Crippen LogP contribution in [-0.2, 0) is 9.59 Å². The minimum absolute atomic E-state index is 0.134. The average molecular weight is 292 g/mol. The van der Waals surface area contributed by atoms with E-state index in [2.05, 4.69) is 10.6 Å². The van der Waals surface area contributed by atoms with Gasteiger partial charge in [-0.25, -0.2) is 9.59 Å². The molecule has 0 saturated heterocycles. The number of carboxylic acid groups (broad SMARTS) is 2. The maximum atomic E-state index is 11.4. The van der Waals surface area contributed by atoms with E-state index in [1.54, 1.807) is 11.8 Å². The number of aliphatic carboxylic acids is 2. The smallest absolute Gasteiger partial charge is 0.326 e. The molecule has 0 radical (unpaired) electrons. The molecular weight excluding hydrogens is 272 g/mol. The molecule has 0 heterocycles. The Kier molecular flexibility index (Phi) is 9.69. The fourth-order valence-corrected chi connectivity index (χ4v) is 1.80. The molecule has 0 aliphatic carbocycles. The normalized spacial score (nSPS) is 11.6. The number of thioether (sulfide) groups is 1. The number of carboxylic acids is 2. The maximum Gasteiger partial charge on any atom is 0.326 e. The van der Waals surface area contributed by atoms with Crippen molar-refractivity contribution < 1.29 is 24.6 Å². The largest absolute Gasteiger partial charge is 0.481 e. The van der Waals surface area contributed by atoms with Gasteiger partial charge in [-0.05, 0) is 31.3 Å². The summed E-state index contributed by atoms with van der Waals surface area (Å²) in [7, 11) is 0. The molecule has 0 aliphatic heterocycles. The predicted molar refractivity (Wildman–Crippen MR) is 72.4 cm³/mol. The highest BCUT2D eigenvalue weighted by atomic mass is 32.2. The molecule has 0 fully saturated rings. The molecule has 0 aromatic rings. The van der Waals surface area contributed by atoms with Crippen molar-refractivity contribution in [3.05, 3.63) is 0 Å². The number of carbonyl (C=O) groups excluding carboxylic acids is 1. The zero-order valence-corrected chi connectivity index (χ0v) is 11.7. The van der Waals surface area contributed by atoms with Crippen molar-refractivity contribution in [2.45, 2.75) is 31.7 Å². The SMILES string of the molecule is CSCCCCNC(=O)N[C@@H](CCC(=O)O)C(=O)O. The lowest BCUT2D eigenvalue weighted by molar-refractivity contribution is -0.140. The molecule has 7 nitrogen and oxygen atoms in total. The van der Waals surface area contributed by atoms with Gasteiger partial charge in [-0.3, -0.25) is 4.79 Å². The van der Waals surface area contributed by atoms with Crippen LogP contribution in [0.2, 0.25) is 0 Å². The van der Waals surface area contributed by atoms with Gasteiger partial charge in [0.2, 0.25) is 0 Å². The van der Waals surface area contributed by atoms with Crippen molar-refractivity contribution in [1.82, 2.24) is 10.6 Å². The van der Waals surface area contributed by atoms with Gasteiger partial charge >= 0.3 is 18.0 Å². The lowest BCUT2D eigenvalue weighted by Crippen LogP contribution is -2.46. The Hall–Kier alpha value is -1.44. The summed E-state index contributed by atoms with van der Waals surface area (Å²) in [5.41, 5.74) is 0. The van der Waals surface area contributed by atoms with Gasteiger partial charge in [-0.15, -0.1) is 0 Å². The summed E-state index contributed by atoms with van der Waals surface area (Å²) in [6.07, 6.45) is 3.36. The first-order chi connectivity index (χ1) is 8.97. The Labute approximate surface area is 116 Å². The quantitative estimate of drug-likeness (QED) is 0.441. The summed E-state index contributed by atoms with van der Waals surface area (Å²) in [4.78, 5) is 32.6. The highest BCUT2D eigenvalue weighted by Crippen LogP contribution is 1.99. The van der Waals surface area contributed by atoms with Crippen LogP contribution >= 0.6 is 11.8 Å². The van der Waals surface area contributed by atoms with Crippen LogP contribution in [-0.4, -0.2) is 52.8 Å². The molecule has 0 saturated carbocycles. The molecule has 0 bridgehead atoms. The molecule has 0 spiro atoms. The Morgan fingerprint density at radius 1 is 1.21 bits per heavy atom. The van der Waals surface area contributed by atoms with E-state index in [1.807, 2.05) is 6.26 Å². The van der Waals surface area contributed by atoms with Crippen molar-refractivity contribution in [3.63, 3.8) is 0 Å². The number of nitrogens with one attached hydrogen (secondary N) is 2. The zero-order valence-electron chi connectivity index (χ0n) is 10.8. The van der Waals surface area contributed by atoms with Crippen molar-refractivity contribution in [2.24, 2.45) is 0 Å². The number of unbranched alkanes of at least 4 members (excludes halogenated alkanes) is 1. The third kappa shape index (κ3) is 10.2. The Balaban J connectivity index is 3.90. The van der Waals surface area contributed by atoms with Crippen molar-refractivity contribution in [1.29, 1.82) is 0 Å². The fraction of sp³-hybridized carbons (Fsp3) is 0.727. The van der Waals surface area contributed by atoms with E-state index in [4.69, 9.17) is 10.2 Å². The van der Waals surface area contributed by atoms with Gasteiger partial charge in [0, 0.05) is 13.0 Å². The molecule has 0 rings (SSSR count). The molecule has 4 N–H and O–H groups in total. The minimum atomic E-state index is -1.24. The third-order valence-corrected chi connectivity index (χ3v) is 3.01. The van der Waals surface area contributed by atoms with Crippen LogP contribution in [0.25, 0.3) is 0 Å². The Morgan fingerprint density at radius 2 is 1.89 bits per heavy atom. The first kappa shape index (κ1) is 17.6. The van der Waals surface area contributed by atoms with E-state index in [9.17, 15) is 14.4 Å². The van der Waals surface area contributed by atoms with Crippen LogP contribution in [0.3, 0.4) is 0 Å². The Bertz CT molecular complexity index is 311. The van der Waals surface area contributed by atoms with Crippen LogP contribution in [0.4, 0.5) is 4.79 Å². The van der Waals surface area contributed by atoms with Gasteiger partial charge in [0.1, 0.15) is 6.04 Å². The fourth-order valence-electron chi connectivity index (χ4n) is 1.31. The van der Waals surface area contributed by atoms with E-state index >= 15 is 0 Å². The van der Waals surface area contributed by atoms with E-state index in [0.29, 0.717) is 6.54 Å². The summed E-state index contributed by atoms with van der Waals surface area (Å²) in [5.74, 6) is -1.32. The van der Waals surface area contributed by atoms with E-state index in [0.717, 1.165) is 18.6 Å².